The molecule has 0 saturated carbocycles. The Kier molecular flexibility index (Phi) is 5.80. The molecule has 0 bridgehead atoms. The molecule has 1 atom stereocenters. The van der Waals surface area contributed by atoms with Gasteiger partial charge in [-0.2, -0.15) is 0 Å². The van der Waals surface area contributed by atoms with Gasteiger partial charge in [0.05, 0.1) is 17.6 Å². The molecule has 1 aromatic carbocycles. The van der Waals surface area contributed by atoms with Gasteiger partial charge in [-0.25, -0.2) is 0 Å². The highest BCUT2D eigenvalue weighted by molar-refractivity contribution is 5.68. The topological polar surface area (TPSA) is 73.6 Å². The second-order valence-electron chi connectivity index (χ2n) is 5.13. The lowest BCUT2D eigenvalue weighted by Crippen LogP contribution is -2.27. The highest BCUT2D eigenvalue weighted by Gasteiger charge is 2.22. The Morgan fingerprint density at radius 3 is 3.00 bits per heavy atom. The fraction of sp³-hybridized carbons (Fsp3) is 0.600. The number of para-hydroxylation sites is 1. The summed E-state index contributed by atoms with van der Waals surface area (Å²) in [6.07, 6.45) is 4.17. The first-order valence-electron chi connectivity index (χ1n) is 7.48. The fourth-order valence-corrected chi connectivity index (χ4v) is 2.37. The molecule has 1 fully saturated rings. The van der Waals surface area contributed by atoms with Gasteiger partial charge >= 0.3 is 5.69 Å². The predicted octanol–water partition coefficient (Wildman–Crippen LogP) is 3.36. The van der Waals surface area contributed by atoms with Gasteiger partial charge < -0.3 is 14.8 Å². The van der Waals surface area contributed by atoms with Gasteiger partial charge in [0.1, 0.15) is 5.69 Å². The maximum Gasteiger partial charge on any atom is 0.333 e. The van der Waals surface area contributed by atoms with Crippen molar-refractivity contribution in [3.8, 4) is 5.75 Å². The van der Waals surface area contributed by atoms with Crippen molar-refractivity contribution >= 4 is 11.4 Å². The van der Waals surface area contributed by atoms with E-state index in [4.69, 9.17) is 9.47 Å². The van der Waals surface area contributed by atoms with Crippen LogP contribution in [-0.4, -0.2) is 30.8 Å². The maximum atomic E-state index is 11.3. The van der Waals surface area contributed by atoms with Crippen molar-refractivity contribution in [2.45, 2.75) is 38.7 Å². The van der Waals surface area contributed by atoms with Gasteiger partial charge in [-0.15, -0.1) is 0 Å². The van der Waals surface area contributed by atoms with Crippen LogP contribution in [0.25, 0.3) is 0 Å². The van der Waals surface area contributed by atoms with E-state index in [1.54, 1.807) is 18.2 Å². The minimum absolute atomic E-state index is 0.00163. The summed E-state index contributed by atoms with van der Waals surface area (Å²) in [6, 6.07) is 5.11. The number of hydrogen-bond acceptors (Lipinski definition) is 5. The van der Waals surface area contributed by atoms with E-state index in [0.717, 1.165) is 32.3 Å². The van der Waals surface area contributed by atoms with Crippen LogP contribution in [0, 0.1) is 10.1 Å². The molecule has 0 amide bonds. The Balaban J connectivity index is 2.07. The number of ether oxygens (including phenoxy) is 2. The quantitative estimate of drug-likeness (QED) is 0.616. The number of benzene rings is 1. The van der Waals surface area contributed by atoms with Crippen LogP contribution in [0.5, 0.6) is 5.75 Å². The predicted molar refractivity (Wildman–Crippen MR) is 81.0 cm³/mol. The summed E-state index contributed by atoms with van der Waals surface area (Å²) < 4.78 is 11.1. The van der Waals surface area contributed by atoms with Gasteiger partial charge in [-0.05, 0) is 37.8 Å². The first-order valence-corrected chi connectivity index (χ1v) is 7.48. The highest BCUT2D eigenvalue weighted by atomic mass is 16.6. The maximum absolute atomic E-state index is 11.3. The van der Waals surface area contributed by atoms with E-state index in [-0.39, 0.29) is 11.8 Å². The van der Waals surface area contributed by atoms with Gasteiger partial charge in [-0.3, -0.25) is 10.1 Å². The molecule has 0 radical (unpaired) electrons. The molecule has 1 saturated heterocycles. The van der Waals surface area contributed by atoms with Crippen LogP contribution in [0.1, 0.15) is 32.6 Å². The smallest absolute Gasteiger partial charge is 0.333 e. The van der Waals surface area contributed by atoms with Crippen molar-refractivity contribution < 1.29 is 14.4 Å². The Bertz CT molecular complexity index is 473. The van der Waals surface area contributed by atoms with Crippen LogP contribution in [0.3, 0.4) is 0 Å². The first kappa shape index (κ1) is 15.6. The Morgan fingerprint density at radius 1 is 1.48 bits per heavy atom. The minimum atomic E-state index is -0.394. The van der Waals surface area contributed by atoms with Crippen LogP contribution in [-0.2, 0) is 4.74 Å². The average Bonchev–Trinajstić information content (AvgIpc) is 2.51. The Labute approximate surface area is 124 Å². The molecule has 2 rings (SSSR count). The van der Waals surface area contributed by atoms with Crippen LogP contribution in [0.4, 0.5) is 11.4 Å². The molecule has 6 nitrogen and oxygen atoms in total. The Hall–Kier alpha value is -1.82. The molecule has 1 aliphatic rings. The molecule has 1 N–H and O–H groups in total. The van der Waals surface area contributed by atoms with Crippen molar-refractivity contribution in [2.24, 2.45) is 0 Å². The normalized spacial score (nSPS) is 18.2. The lowest BCUT2D eigenvalue weighted by atomic mass is 10.1. The average molecular weight is 294 g/mol. The molecule has 1 aromatic rings. The zero-order chi connectivity index (χ0) is 15.1. The molecule has 0 aliphatic carbocycles. The van der Waals surface area contributed by atoms with Crippen LogP contribution < -0.4 is 10.1 Å². The third-order valence-electron chi connectivity index (χ3n) is 3.44. The molecule has 1 heterocycles. The number of anilines is 1. The van der Waals surface area contributed by atoms with E-state index < -0.39 is 4.92 Å². The van der Waals surface area contributed by atoms with Gasteiger partial charge in [-0.1, -0.05) is 13.0 Å². The van der Waals surface area contributed by atoms with Gasteiger partial charge in [0, 0.05) is 13.2 Å². The zero-order valence-electron chi connectivity index (χ0n) is 12.3. The molecule has 0 aromatic heterocycles. The van der Waals surface area contributed by atoms with Crippen molar-refractivity contribution in [1.29, 1.82) is 0 Å². The number of rotatable bonds is 7. The zero-order valence-corrected chi connectivity index (χ0v) is 12.3. The van der Waals surface area contributed by atoms with E-state index in [1.807, 2.05) is 6.92 Å². The van der Waals surface area contributed by atoms with Gasteiger partial charge in [0.2, 0.25) is 0 Å². The van der Waals surface area contributed by atoms with Crippen LogP contribution >= 0.6 is 0 Å². The van der Waals surface area contributed by atoms with E-state index in [9.17, 15) is 10.1 Å². The minimum Gasteiger partial charge on any atom is -0.487 e. The van der Waals surface area contributed by atoms with Gasteiger partial charge in [0.25, 0.3) is 0 Å². The van der Waals surface area contributed by atoms with Crippen molar-refractivity contribution in [2.75, 3.05) is 25.1 Å². The summed E-state index contributed by atoms with van der Waals surface area (Å²) in [5.41, 5.74) is 0.490. The lowest BCUT2D eigenvalue weighted by molar-refractivity contribution is -0.385. The van der Waals surface area contributed by atoms with E-state index in [2.05, 4.69) is 5.32 Å². The summed E-state index contributed by atoms with van der Waals surface area (Å²) in [5, 5.41) is 14.4. The van der Waals surface area contributed by atoms with Crippen molar-refractivity contribution in [1.82, 2.24) is 0 Å². The van der Waals surface area contributed by atoms with E-state index in [0.29, 0.717) is 24.6 Å². The van der Waals surface area contributed by atoms with Crippen LogP contribution in [0.15, 0.2) is 18.2 Å². The number of nitrogens with zero attached hydrogens (tertiary/aromatic N) is 1. The monoisotopic (exact) mass is 294 g/mol. The molecule has 0 spiro atoms. The van der Waals surface area contributed by atoms with Crippen molar-refractivity contribution in [3.63, 3.8) is 0 Å². The summed E-state index contributed by atoms with van der Waals surface area (Å²) >= 11 is 0. The molecule has 1 aliphatic heterocycles. The van der Waals surface area contributed by atoms with Crippen molar-refractivity contribution in [3.05, 3.63) is 28.3 Å². The summed E-state index contributed by atoms with van der Waals surface area (Å²) in [7, 11) is 0. The second-order valence-corrected chi connectivity index (χ2v) is 5.13. The third-order valence-corrected chi connectivity index (χ3v) is 3.44. The SMILES string of the molecule is CCCOc1cccc(NCC2CCCCO2)c1[N+](=O)[O-]. The highest BCUT2D eigenvalue weighted by Crippen LogP contribution is 2.35. The molecular formula is C15H22N2O4. The van der Waals surface area contributed by atoms with Gasteiger partial charge in [0.15, 0.2) is 5.75 Å². The van der Waals surface area contributed by atoms with E-state index >= 15 is 0 Å². The fourth-order valence-electron chi connectivity index (χ4n) is 2.37. The largest absolute Gasteiger partial charge is 0.487 e. The third kappa shape index (κ3) is 4.32. The molecular weight excluding hydrogens is 272 g/mol. The first-order chi connectivity index (χ1) is 10.2. The summed E-state index contributed by atoms with van der Waals surface area (Å²) in [6.45, 7) is 3.79. The summed E-state index contributed by atoms with van der Waals surface area (Å²) in [5.74, 6) is 0.316. The standard InChI is InChI=1S/C15H22N2O4/c1-2-9-21-14-8-5-7-13(15(14)17(18)19)16-11-12-6-3-4-10-20-12/h5,7-8,12,16H,2-4,6,9-11H2,1H3. The number of hydrogen-bond donors (Lipinski definition) is 1. The summed E-state index contributed by atoms with van der Waals surface area (Å²) in [4.78, 5) is 10.9. The molecule has 21 heavy (non-hydrogen) atoms. The van der Waals surface area contributed by atoms with E-state index in [1.165, 1.54) is 0 Å². The second kappa shape index (κ2) is 7.83. The number of nitro groups is 1. The molecule has 116 valence electrons. The molecule has 6 heteroatoms. The number of nitrogens with one attached hydrogen (secondary N) is 1. The lowest BCUT2D eigenvalue weighted by Gasteiger charge is -2.23. The molecule has 1 unspecified atom stereocenters. The van der Waals surface area contributed by atoms with Crippen LogP contribution in [0.2, 0.25) is 0 Å². The number of nitro benzene ring substituents is 1. The Morgan fingerprint density at radius 2 is 2.33 bits per heavy atom.